The molecule has 0 aromatic carbocycles. The lowest BCUT2D eigenvalue weighted by molar-refractivity contribution is 0.0921. The topological polar surface area (TPSA) is 54.4 Å². The fourth-order valence-corrected chi connectivity index (χ4v) is 3.53. The van der Waals surface area contributed by atoms with Crippen LogP contribution in [0.15, 0.2) is 17.3 Å². The van der Waals surface area contributed by atoms with E-state index in [9.17, 15) is 4.79 Å². The van der Waals surface area contributed by atoms with Crippen molar-refractivity contribution in [3.63, 3.8) is 0 Å². The molecule has 1 aromatic rings. The Morgan fingerprint density at radius 2 is 2.18 bits per heavy atom. The molecule has 1 N–H and O–H groups in total. The average Bonchev–Trinajstić information content (AvgIpc) is 3.26. The number of hydrogen-bond donors (Lipinski definition) is 1. The molecule has 0 saturated heterocycles. The summed E-state index contributed by atoms with van der Waals surface area (Å²) in [4.78, 5) is 21.4. The highest BCUT2D eigenvalue weighted by molar-refractivity contribution is 6.88. The Morgan fingerprint density at radius 3 is 2.95 bits per heavy atom. The van der Waals surface area contributed by atoms with E-state index >= 15 is 0 Å². The van der Waals surface area contributed by atoms with Gasteiger partial charge in [-0.25, -0.2) is 9.98 Å². The number of amides is 1. The maximum atomic E-state index is 12.4. The number of rotatable bonds is 3. The first-order valence-corrected chi connectivity index (χ1v) is 8.43. The van der Waals surface area contributed by atoms with Crippen molar-refractivity contribution in [3.05, 3.63) is 17.8 Å². The Balaban J connectivity index is 1.43. The van der Waals surface area contributed by atoms with Crippen molar-refractivity contribution >= 4 is 30.1 Å². The Labute approximate surface area is 132 Å². The lowest BCUT2D eigenvalue weighted by Crippen LogP contribution is -2.38. The summed E-state index contributed by atoms with van der Waals surface area (Å²) in [5.74, 6) is 2.10. The van der Waals surface area contributed by atoms with E-state index in [-0.39, 0.29) is 5.91 Å². The zero-order chi connectivity index (χ0) is 15.1. The van der Waals surface area contributed by atoms with Crippen molar-refractivity contribution in [2.45, 2.75) is 51.5 Å². The van der Waals surface area contributed by atoms with Crippen LogP contribution in [0.3, 0.4) is 0 Å². The number of pyridine rings is 1. The first-order valence-electron chi connectivity index (χ1n) is 8.43. The van der Waals surface area contributed by atoms with Crippen molar-refractivity contribution in [2.75, 3.05) is 0 Å². The van der Waals surface area contributed by atoms with E-state index < -0.39 is 0 Å². The van der Waals surface area contributed by atoms with Gasteiger partial charge in [-0.15, -0.1) is 0 Å². The molecule has 4 nitrogen and oxygen atoms in total. The third-order valence-corrected chi connectivity index (χ3v) is 4.96. The molecule has 0 bridgehead atoms. The van der Waals surface area contributed by atoms with Crippen LogP contribution in [0, 0.1) is 11.8 Å². The summed E-state index contributed by atoms with van der Waals surface area (Å²) in [6.45, 7) is 2.26. The predicted molar refractivity (Wildman–Crippen MR) is 88.3 cm³/mol. The monoisotopic (exact) mass is 294 g/mol. The minimum atomic E-state index is 0.00247. The van der Waals surface area contributed by atoms with Crippen LogP contribution in [0.1, 0.15) is 55.8 Å². The Kier molecular flexibility index (Phi) is 3.51. The predicted octanol–water partition coefficient (Wildman–Crippen LogP) is 2.17. The summed E-state index contributed by atoms with van der Waals surface area (Å²) in [6.07, 6.45) is 8.80. The quantitative estimate of drug-likeness (QED) is 0.869. The first kappa shape index (κ1) is 14.0. The second-order valence-corrected chi connectivity index (χ2v) is 7.03. The highest BCUT2D eigenvalue weighted by atomic mass is 16.1. The maximum Gasteiger partial charge on any atom is 0.253 e. The molecular weight excluding hydrogens is 273 g/mol. The lowest BCUT2D eigenvalue weighted by Gasteiger charge is -2.27. The van der Waals surface area contributed by atoms with Crippen molar-refractivity contribution < 1.29 is 4.79 Å². The smallest absolute Gasteiger partial charge is 0.253 e. The van der Waals surface area contributed by atoms with Gasteiger partial charge in [-0.05, 0) is 54.7 Å². The van der Waals surface area contributed by atoms with Crippen LogP contribution >= 0.6 is 0 Å². The minimum absolute atomic E-state index is 0.00247. The van der Waals surface area contributed by atoms with Gasteiger partial charge in [0.1, 0.15) is 5.82 Å². The summed E-state index contributed by atoms with van der Waals surface area (Å²) in [5, 5.41) is 3.17. The van der Waals surface area contributed by atoms with Crippen molar-refractivity contribution in [1.29, 1.82) is 0 Å². The van der Waals surface area contributed by atoms with Crippen LogP contribution < -0.4 is 10.8 Å². The van der Waals surface area contributed by atoms with E-state index in [4.69, 9.17) is 0 Å². The van der Waals surface area contributed by atoms with Gasteiger partial charge in [0.05, 0.1) is 5.56 Å². The van der Waals surface area contributed by atoms with Gasteiger partial charge >= 0.3 is 0 Å². The number of hydrogen-bond acceptors (Lipinski definition) is 3. The number of aliphatic imine (C=N–C) groups is 1. The van der Waals surface area contributed by atoms with E-state index in [1.165, 1.54) is 25.7 Å². The van der Waals surface area contributed by atoms with Gasteiger partial charge < -0.3 is 5.32 Å². The molecule has 2 saturated carbocycles. The third kappa shape index (κ3) is 2.81. The van der Waals surface area contributed by atoms with Gasteiger partial charge in [0, 0.05) is 12.2 Å². The fourth-order valence-electron chi connectivity index (χ4n) is 3.53. The van der Waals surface area contributed by atoms with Crippen LogP contribution in [-0.4, -0.2) is 29.8 Å². The number of fused-ring (bicyclic) bond motifs is 1. The fraction of sp³-hybridized carbons (Fsp3) is 0.588. The molecule has 2 heterocycles. The van der Waals surface area contributed by atoms with Crippen molar-refractivity contribution in [2.24, 2.45) is 16.8 Å². The van der Waals surface area contributed by atoms with Crippen LogP contribution in [-0.2, 0) is 0 Å². The number of carbonyl (C=O) groups is 1. The third-order valence-electron chi connectivity index (χ3n) is 4.96. The molecule has 2 fully saturated rings. The Morgan fingerprint density at radius 1 is 1.32 bits per heavy atom. The minimum Gasteiger partial charge on any atom is -0.349 e. The van der Waals surface area contributed by atoms with Gasteiger partial charge in [0.25, 0.3) is 5.91 Å². The molecule has 22 heavy (non-hydrogen) atoms. The standard InChI is InChI=1S/C17H21BN3O/c1-10-3-2-4-13(7-10)20-17(22)12-8-14-16(19-9-12)21-15(18-14)11-5-6-11/h8-11,13H,2-7H2,1H3,(H,20,22)/t10?,13-/m1/s1. The molecule has 2 aliphatic carbocycles. The van der Waals surface area contributed by atoms with E-state index in [2.05, 4.69) is 29.5 Å². The molecule has 1 unspecified atom stereocenters. The van der Waals surface area contributed by atoms with Gasteiger partial charge in [0.15, 0.2) is 0 Å². The SMILES string of the molecule is CC1CCC[C@@H](NC(=O)c2cnc3c(c2)[B]C(C2CC2)=N3)C1. The number of nitrogens with zero attached hydrogens (tertiary/aromatic N) is 2. The van der Waals surface area contributed by atoms with E-state index in [1.807, 2.05) is 6.07 Å². The molecule has 4 rings (SSSR count). The summed E-state index contributed by atoms with van der Waals surface area (Å²) < 4.78 is 0. The van der Waals surface area contributed by atoms with Crippen LogP contribution in [0.5, 0.6) is 0 Å². The second-order valence-electron chi connectivity index (χ2n) is 7.03. The summed E-state index contributed by atoms with van der Waals surface area (Å²) in [5.41, 5.74) is 2.79. The zero-order valence-corrected chi connectivity index (χ0v) is 13.0. The van der Waals surface area contributed by atoms with Crippen LogP contribution in [0.2, 0.25) is 0 Å². The normalized spacial score (nSPS) is 26.9. The number of carbonyl (C=O) groups excluding carboxylic acids is 1. The summed E-state index contributed by atoms with van der Waals surface area (Å²) in [7, 11) is 2.10. The van der Waals surface area contributed by atoms with Gasteiger partial charge in [-0.3, -0.25) is 4.79 Å². The number of nitrogens with one attached hydrogen (secondary N) is 1. The van der Waals surface area contributed by atoms with Gasteiger partial charge in [-0.2, -0.15) is 0 Å². The maximum absolute atomic E-state index is 12.4. The second kappa shape index (κ2) is 5.52. The average molecular weight is 294 g/mol. The van der Waals surface area contributed by atoms with Crippen LogP contribution in [0.4, 0.5) is 5.82 Å². The van der Waals surface area contributed by atoms with Crippen molar-refractivity contribution in [1.82, 2.24) is 10.3 Å². The summed E-state index contributed by atoms with van der Waals surface area (Å²) in [6, 6.07) is 2.25. The van der Waals surface area contributed by atoms with Gasteiger partial charge in [0.2, 0.25) is 7.28 Å². The van der Waals surface area contributed by atoms with Gasteiger partial charge in [-0.1, -0.05) is 19.8 Å². The molecule has 1 aromatic heterocycles. The molecule has 0 spiro atoms. The Bertz CT molecular complexity index is 639. The summed E-state index contributed by atoms with van der Waals surface area (Å²) >= 11 is 0. The zero-order valence-electron chi connectivity index (χ0n) is 13.0. The Hall–Kier alpha value is -1.65. The van der Waals surface area contributed by atoms with Crippen LogP contribution in [0.25, 0.3) is 0 Å². The molecule has 1 amide bonds. The largest absolute Gasteiger partial charge is 0.349 e. The van der Waals surface area contributed by atoms with E-state index in [1.54, 1.807) is 6.20 Å². The highest BCUT2D eigenvalue weighted by Crippen LogP contribution is 2.33. The molecule has 3 aliphatic rings. The molecule has 113 valence electrons. The number of aromatic nitrogens is 1. The molecule has 5 heteroatoms. The molecule has 1 aliphatic heterocycles. The van der Waals surface area contributed by atoms with E-state index in [0.717, 1.165) is 29.7 Å². The van der Waals surface area contributed by atoms with Crippen molar-refractivity contribution in [3.8, 4) is 0 Å². The molecule has 1 radical (unpaired) electrons. The molecular formula is C17H21BN3O. The lowest BCUT2D eigenvalue weighted by atomic mass is 9.66. The molecule has 2 atom stereocenters. The first-order chi connectivity index (χ1) is 10.7. The highest BCUT2D eigenvalue weighted by Gasteiger charge is 2.32. The van der Waals surface area contributed by atoms with E-state index in [0.29, 0.717) is 23.4 Å².